The summed E-state index contributed by atoms with van der Waals surface area (Å²) < 4.78 is 17.9. The first kappa shape index (κ1) is 24.1. The molecule has 1 unspecified atom stereocenters. The Morgan fingerprint density at radius 3 is 2.50 bits per heavy atom. The molecule has 0 aliphatic carbocycles. The summed E-state index contributed by atoms with van der Waals surface area (Å²) in [6.45, 7) is 5.23. The van der Waals surface area contributed by atoms with Crippen molar-refractivity contribution in [1.29, 1.82) is 0 Å². The highest BCUT2D eigenvalue weighted by molar-refractivity contribution is 5.89. The van der Waals surface area contributed by atoms with E-state index in [1.807, 2.05) is 30.3 Å². The molecule has 4 aromatic rings. The zero-order chi connectivity index (χ0) is 24.7. The summed E-state index contributed by atoms with van der Waals surface area (Å²) in [6.07, 6.45) is 3.54. The van der Waals surface area contributed by atoms with Gasteiger partial charge in [-0.1, -0.05) is 78.9 Å². The minimum absolute atomic E-state index is 0.0404. The Balaban J connectivity index is 1.34. The number of benzene rings is 4. The third-order valence-corrected chi connectivity index (χ3v) is 6.90. The van der Waals surface area contributed by atoms with E-state index in [1.54, 1.807) is 7.11 Å². The number of rotatable bonds is 10. The van der Waals surface area contributed by atoms with Crippen LogP contribution in [0, 0.1) is 5.92 Å². The number of hydrogen-bond acceptors (Lipinski definition) is 4. The van der Waals surface area contributed by atoms with Crippen LogP contribution in [-0.4, -0.2) is 19.9 Å². The second-order valence-electron chi connectivity index (χ2n) is 9.22. The highest BCUT2D eigenvalue weighted by Gasteiger charge is 2.34. The van der Waals surface area contributed by atoms with Gasteiger partial charge in [0, 0.05) is 18.1 Å². The van der Waals surface area contributed by atoms with Gasteiger partial charge in [0.05, 0.1) is 19.8 Å². The van der Waals surface area contributed by atoms with Gasteiger partial charge in [-0.15, -0.1) is 6.58 Å². The first-order valence-electron chi connectivity index (χ1n) is 12.6. The number of fused-ring (bicyclic) bond motifs is 3. The van der Waals surface area contributed by atoms with Crippen molar-refractivity contribution >= 4 is 10.8 Å². The summed E-state index contributed by atoms with van der Waals surface area (Å²) in [5.41, 5.74) is 3.56. The molecule has 36 heavy (non-hydrogen) atoms. The standard InChI is InChI=1S/C32H33NO3/c1-3-9-26(20-21-35-22-23-14-17-27(34-2)18-15-23)32-33-31(25-11-5-4-6-12-25)30-28-13-8-7-10-24(28)16-19-29(30)36-32/h3-8,10-19,26,31-33H,1,9,20-22H2,2H3/t26?,31-,32-/m0/s1. The third kappa shape index (κ3) is 5.30. The lowest BCUT2D eigenvalue weighted by Crippen LogP contribution is -2.47. The summed E-state index contributed by atoms with van der Waals surface area (Å²) in [5, 5.41) is 6.27. The summed E-state index contributed by atoms with van der Waals surface area (Å²) in [7, 11) is 1.68. The van der Waals surface area contributed by atoms with Crippen LogP contribution in [0.2, 0.25) is 0 Å². The van der Waals surface area contributed by atoms with Crippen LogP contribution in [0.5, 0.6) is 11.5 Å². The average molecular weight is 480 g/mol. The van der Waals surface area contributed by atoms with E-state index >= 15 is 0 Å². The molecule has 1 heterocycles. The number of ether oxygens (including phenoxy) is 3. The molecule has 0 saturated carbocycles. The van der Waals surface area contributed by atoms with Crippen LogP contribution in [0.3, 0.4) is 0 Å². The van der Waals surface area contributed by atoms with Gasteiger partial charge in [-0.25, -0.2) is 0 Å². The van der Waals surface area contributed by atoms with Gasteiger partial charge in [-0.2, -0.15) is 0 Å². The molecule has 4 aromatic carbocycles. The zero-order valence-electron chi connectivity index (χ0n) is 20.7. The Labute approximate surface area is 213 Å². The molecule has 0 spiro atoms. The van der Waals surface area contributed by atoms with E-state index in [2.05, 4.69) is 78.6 Å². The van der Waals surface area contributed by atoms with E-state index in [1.165, 1.54) is 21.9 Å². The van der Waals surface area contributed by atoms with Crippen LogP contribution in [0.4, 0.5) is 0 Å². The quantitative estimate of drug-likeness (QED) is 0.195. The topological polar surface area (TPSA) is 39.7 Å². The molecule has 0 fully saturated rings. The Bertz CT molecular complexity index is 1290. The monoisotopic (exact) mass is 479 g/mol. The van der Waals surface area contributed by atoms with Crippen LogP contribution in [0.25, 0.3) is 10.8 Å². The SMILES string of the molecule is C=CCC(CCOCc1ccc(OC)cc1)[C@H]1N[C@@H](c2ccccc2)c2c(ccc3ccccc23)O1. The number of hydrogen-bond donors (Lipinski definition) is 1. The van der Waals surface area contributed by atoms with E-state index in [-0.39, 0.29) is 18.2 Å². The molecule has 1 aliphatic heterocycles. The Hall–Kier alpha value is -3.60. The highest BCUT2D eigenvalue weighted by Crippen LogP contribution is 2.41. The van der Waals surface area contributed by atoms with E-state index in [0.29, 0.717) is 13.2 Å². The molecule has 0 bridgehead atoms. The van der Waals surface area contributed by atoms with Crippen molar-refractivity contribution in [3.05, 3.63) is 120 Å². The second kappa shape index (κ2) is 11.4. The molecule has 0 amide bonds. The molecule has 4 nitrogen and oxygen atoms in total. The molecular weight excluding hydrogens is 446 g/mol. The van der Waals surface area contributed by atoms with Crippen LogP contribution in [0.1, 0.15) is 35.6 Å². The van der Waals surface area contributed by atoms with Crippen LogP contribution < -0.4 is 14.8 Å². The van der Waals surface area contributed by atoms with Gasteiger partial charge in [0.25, 0.3) is 0 Å². The van der Waals surface area contributed by atoms with E-state index < -0.39 is 0 Å². The molecule has 184 valence electrons. The highest BCUT2D eigenvalue weighted by atomic mass is 16.5. The Morgan fingerprint density at radius 2 is 1.72 bits per heavy atom. The Morgan fingerprint density at radius 1 is 0.944 bits per heavy atom. The van der Waals surface area contributed by atoms with Gasteiger partial charge in [-0.3, -0.25) is 5.32 Å². The molecule has 1 aliphatic rings. The van der Waals surface area contributed by atoms with Crippen molar-refractivity contribution < 1.29 is 14.2 Å². The molecule has 3 atom stereocenters. The maximum atomic E-state index is 6.62. The first-order valence-corrected chi connectivity index (χ1v) is 12.6. The molecule has 0 saturated heterocycles. The minimum atomic E-state index is -0.147. The second-order valence-corrected chi connectivity index (χ2v) is 9.22. The largest absolute Gasteiger partial charge is 0.497 e. The smallest absolute Gasteiger partial charge is 0.154 e. The van der Waals surface area contributed by atoms with Crippen LogP contribution in [0.15, 0.2) is 104 Å². The average Bonchev–Trinajstić information content (AvgIpc) is 2.94. The predicted octanol–water partition coefficient (Wildman–Crippen LogP) is 7.05. The number of methoxy groups -OCH3 is 1. The fourth-order valence-electron chi connectivity index (χ4n) is 4.99. The van der Waals surface area contributed by atoms with Gasteiger partial charge < -0.3 is 14.2 Å². The van der Waals surface area contributed by atoms with Crippen molar-refractivity contribution in [3.8, 4) is 11.5 Å². The van der Waals surface area contributed by atoms with Crippen molar-refractivity contribution in [3.63, 3.8) is 0 Å². The van der Waals surface area contributed by atoms with Crippen LogP contribution >= 0.6 is 0 Å². The normalized spacial score (nSPS) is 17.7. The first-order chi connectivity index (χ1) is 17.8. The molecule has 1 N–H and O–H groups in total. The van der Waals surface area contributed by atoms with Gasteiger partial charge in [0.1, 0.15) is 11.5 Å². The van der Waals surface area contributed by atoms with Crippen LogP contribution in [-0.2, 0) is 11.3 Å². The molecule has 4 heteroatoms. The molecule has 0 aromatic heterocycles. The third-order valence-electron chi connectivity index (χ3n) is 6.90. The van der Waals surface area contributed by atoms with Gasteiger partial charge >= 0.3 is 0 Å². The van der Waals surface area contributed by atoms with Gasteiger partial charge in [0.2, 0.25) is 0 Å². The summed E-state index contributed by atoms with van der Waals surface area (Å²) in [4.78, 5) is 0. The molecule has 5 rings (SSSR count). The van der Waals surface area contributed by atoms with Crippen molar-refractivity contribution in [2.45, 2.75) is 31.7 Å². The lowest BCUT2D eigenvalue weighted by atomic mass is 9.89. The maximum Gasteiger partial charge on any atom is 0.154 e. The fourth-order valence-corrected chi connectivity index (χ4v) is 4.99. The molecular formula is C32H33NO3. The number of allylic oxidation sites excluding steroid dienone is 1. The van der Waals surface area contributed by atoms with Crippen molar-refractivity contribution in [1.82, 2.24) is 5.32 Å². The van der Waals surface area contributed by atoms with Crippen molar-refractivity contribution in [2.24, 2.45) is 5.92 Å². The summed E-state index contributed by atoms with van der Waals surface area (Å²) in [6, 6.07) is 31.5. The fraction of sp³-hybridized carbons (Fsp3) is 0.250. The minimum Gasteiger partial charge on any atom is -0.497 e. The predicted molar refractivity (Wildman–Crippen MR) is 145 cm³/mol. The maximum absolute atomic E-state index is 6.62. The van der Waals surface area contributed by atoms with E-state index in [4.69, 9.17) is 14.2 Å². The van der Waals surface area contributed by atoms with E-state index in [9.17, 15) is 0 Å². The Kier molecular flexibility index (Phi) is 7.65. The summed E-state index contributed by atoms with van der Waals surface area (Å²) >= 11 is 0. The zero-order valence-corrected chi connectivity index (χ0v) is 20.7. The lowest BCUT2D eigenvalue weighted by Gasteiger charge is -2.38. The van der Waals surface area contributed by atoms with E-state index in [0.717, 1.165) is 29.9 Å². The number of nitrogens with one attached hydrogen (secondary N) is 1. The lowest BCUT2D eigenvalue weighted by molar-refractivity contribution is 0.0430. The molecule has 0 radical (unpaired) electrons. The van der Waals surface area contributed by atoms with Gasteiger partial charge in [-0.05, 0) is 52.9 Å². The van der Waals surface area contributed by atoms with Gasteiger partial charge in [0.15, 0.2) is 6.23 Å². The summed E-state index contributed by atoms with van der Waals surface area (Å²) in [5.74, 6) is 2.02. The van der Waals surface area contributed by atoms with Crippen molar-refractivity contribution in [2.75, 3.05) is 13.7 Å².